The first-order valence-electron chi connectivity index (χ1n) is 9.97. The molecule has 1 N–H and O–H groups in total. The number of hydrogen-bond donors (Lipinski definition) is 1. The largest absolute Gasteiger partial charge is 0.381 e. The number of rotatable bonds is 7. The Morgan fingerprint density at radius 3 is 2.69 bits per heavy atom. The van der Waals surface area contributed by atoms with Gasteiger partial charge in [0.05, 0.1) is 11.5 Å². The second-order valence-corrected chi connectivity index (χ2v) is 8.34. The number of nitrogens with zero attached hydrogens (tertiary/aromatic N) is 3. The minimum absolute atomic E-state index is 0.0470. The molecule has 6 nitrogen and oxygen atoms in total. The molecule has 0 saturated carbocycles. The molecule has 3 aromatic rings. The number of hydrogen-bond acceptors (Lipinski definition) is 5. The van der Waals surface area contributed by atoms with Crippen LogP contribution in [0.4, 0.5) is 0 Å². The number of pyridine rings is 1. The van der Waals surface area contributed by atoms with Crippen molar-refractivity contribution in [2.24, 2.45) is 0 Å². The molecular weight excluding hydrogens is 384 g/mol. The maximum absolute atomic E-state index is 13.7. The Bertz CT molecular complexity index is 954. The summed E-state index contributed by atoms with van der Waals surface area (Å²) in [5.41, 5.74) is 1.27. The minimum atomic E-state index is -0.572. The lowest BCUT2D eigenvalue weighted by atomic mass is 9.73. The monoisotopic (exact) mass is 410 g/mol. The van der Waals surface area contributed by atoms with Crippen LogP contribution in [0.3, 0.4) is 0 Å². The average Bonchev–Trinajstić information content (AvgIpc) is 3.21. The molecule has 3 heterocycles. The Morgan fingerprint density at radius 1 is 1.17 bits per heavy atom. The average molecular weight is 411 g/mol. The van der Waals surface area contributed by atoms with E-state index < -0.39 is 5.41 Å². The lowest BCUT2D eigenvalue weighted by Gasteiger charge is -2.37. The van der Waals surface area contributed by atoms with Crippen molar-refractivity contribution < 1.29 is 9.53 Å². The zero-order chi connectivity index (χ0) is 20.1. The van der Waals surface area contributed by atoms with Crippen molar-refractivity contribution in [2.45, 2.75) is 30.7 Å². The fraction of sp³-hybridized carbons (Fsp3) is 0.409. The Labute approximate surface area is 175 Å². The van der Waals surface area contributed by atoms with Gasteiger partial charge in [0.15, 0.2) is 11.5 Å². The highest BCUT2D eigenvalue weighted by Gasteiger charge is 2.42. The van der Waals surface area contributed by atoms with E-state index >= 15 is 0 Å². The third kappa shape index (κ3) is 4.02. The predicted octanol–water partition coefficient (Wildman–Crippen LogP) is 3.39. The normalized spacial score (nSPS) is 17.1. The van der Waals surface area contributed by atoms with E-state index in [9.17, 15) is 4.79 Å². The van der Waals surface area contributed by atoms with Crippen LogP contribution in [0, 0.1) is 0 Å². The van der Waals surface area contributed by atoms with Crippen molar-refractivity contribution in [3.05, 3.63) is 66.1 Å². The quantitative estimate of drug-likeness (QED) is 0.647. The number of carbonyl (C=O) groups excluding carboxylic acids is 1. The first-order valence-corrected chi connectivity index (χ1v) is 11.4. The minimum Gasteiger partial charge on any atom is -0.381 e. The van der Waals surface area contributed by atoms with Crippen molar-refractivity contribution in [1.82, 2.24) is 19.9 Å². The van der Waals surface area contributed by atoms with Crippen molar-refractivity contribution >= 4 is 23.3 Å². The first-order chi connectivity index (χ1) is 14.2. The molecule has 152 valence electrons. The van der Waals surface area contributed by atoms with Gasteiger partial charge in [-0.3, -0.25) is 9.20 Å². The summed E-state index contributed by atoms with van der Waals surface area (Å²) in [7, 11) is 0. The third-order valence-electron chi connectivity index (χ3n) is 5.68. The van der Waals surface area contributed by atoms with E-state index in [0.29, 0.717) is 26.1 Å². The molecule has 1 aliphatic rings. The predicted molar refractivity (Wildman–Crippen MR) is 115 cm³/mol. The lowest BCUT2D eigenvalue weighted by molar-refractivity contribution is -0.131. The van der Waals surface area contributed by atoms with E-state index in [1.54, 1.807) is 11.8 Å². The number of fused-ring (bicyclic) bond motifs is 1. The summed E-state index contributed by atoms with van der Waals surface area (Å²) in [5, 5.41) is 12.0. The number of ether oxygens (including phenoxy) is 1. The Morgan fingerprint density at radius 2 is 1.93 bits per heavy atom. The second-order valence-electron chi connectivity index (χ2n) is 7.36. The molecule has 0 radical (unpaired) electrons. The van der Waals surface area contributed by atoms with Crippen molar-refractivity contribution in [1.29, 1.82) is 0 Å². The van der Waals surface area contributed by atoms with Crippen LogP contribution in [0.15, 0.2) is 54.7 Å². The van der Waals surface area contributed by atoms with Crippen LogP contribution in [0.25, 0.3) is 5.65 Å². The van der Waals surface area contributed by atoms with Gasteiger partial charge in [-0.25, -0.2) is 0 Å². The highest BCUT2D eigenvalue weighted by atomic mass is 32.2. The van der Waals surface area contributed by atoms with Crippen LogP contribution in [0.2, 0.25) is 0 Å². The van der Waals surface area contributed by atoms with E-state index in [1.807, 2.05) is 59.1 Å². The maximum Gasteiger partial charge on any atom is 0.231 e. The molecule has 0 unspecified atom stereocenters. The molecule has 1 saturated heterocycles. The molecule has 0 aliphatic carbocycles. The van der Waals surface area contributed by atoms with E-state index in [2.05, 4.69) is 21.8 Å². The third-order valence-corrected chi connectivity index (χ3v) is 6.32. The molecule has 7 heteroatoms. The number of nitrogens with one attached hydrogen (secondary N) is 1. The highest BCUT2D eigenvalue weighted by molar-refractivity contribution is 7.98. The molecule has 1 amide bonds. The van der Waals surface area contributed by atoms with Crippen molar-refractivity contribution in [3.8, 4) is 0 Å². The van der Waals surface area contributed by atoms with Crippen molar-refractivity contribution in [2.75, 3.05) is 25.2 Å². The van der Waals surface area contributed by atoms with Gasteiger partial charge >= 0.3 is 0 Å². The molecule has 4 rings (SSSR count). The topological polar surface area (TPSA) is 68.5 Å². The number of aromatic nitrogens is 3. The van der Waals surface area contributed by atoms with Crippen molar-refractivity contribution in [3.63, 3.8) is 0 Å². The Hall–Kier alpha value is -2.38. The van der Waals surface area contributed by atoms with Gasteiger partial charge in [0, 0.05) is 19.4 Å². The van der Waals surface area contributed by atoms with Crippen LogP contribution in [0.5, 0.6) is 0 Å². The van der Waals surface area contributed by atoms with Crippen LogP contribution in [-0.4, -0.2) is 45.7 Å². The zero-order valence-corrected chi connectivity index (χ0v) is 17.4. The number of benzene rings is 1. The smallest absolute Gasteiger partial charge is 0.231 e. The van der Waals surface area contributed by atoms with Gasteiger partial charge in [-0.1, -0.05) is 36.4 Å². The molecule has 1 aromatic carbocycles. The number of carbonyl (C=O) groups is 1. The zero-order valence-electron chi connectivity index (χ0n) is 16.6. The van der Waals surface area contributed by atoms with E-state index in [4.69, 9.17) is 4.74 Å². The SMILES string of the molecule is CSCC[C@H](NC(=O)C1(c2ccccc2)CCOCC1)c1nnc2ccccn12. The van der Waals surface area contributed by atoms with Gasteiger partial charge in [-0.05, 0) is 49.0 Å². The van der Waals surface area contributed by atoms with E-state index in [-0.39, 0.29) is 11.9 Å². The van der Waals surface area contributed by atoms with E-state index in [1.165, 1.54) is 0 Å². The van der Waals surface area contributed by atoms with Crippen LogP contribution < -0.4 is 5.32 Å². The molecule has 0 spiro atoms. The van der Waals surface area contributed by atoms with Crippen LogP contribution >= 0.6 is 11.8 Å². The lowest BCUT2D eigenvalue weighted by Crippen LogP contribution is -2.49. The van der Waals surface area contributed by atoms with Gasteiger partial charge < -0.3 is 10.1 Å². The Balaban J connectivity index is 1.66. The number of amides is 1. The Kier molecular flexibility index (Phi) is 6.16. The summed E-state index contributed by atoms with van der Waals surface area (Å²) >= 11 is 1.76. The van der Waals surface area contributed by atoms with Crippen LogP contribution in [0.1, 0.15) is 36.7 Å². The van der Waals surface area contributed by atoms with Crippen LogP contribution in [-0.2, 0) is 14.9 Å². The summed E-state index contributed by atoms with van der Waals surface area (Å²) in [6.45, 7) is 1.18. The fourth-order valence-corrected chi connectivity index (χ4v) is 4.49. The van der Waals surface area contributed by atoms with Gasteiger partial charge in [-0.2, -0.15) is 11.8 Å². The molecule has 1 atom stereocenters. The summed E-state index contributed by atoms with van der Waals surface area (Å²) in [4.78, 5) is 13.7. The fourth-order valence-electron chi connectivity index (χ4n) is 4.02. The molecular formula is C22H26N4O2S. The number of thioether (sulfide) groups is 1. The van der Waals surface area contributed by atoms with E-state index in [0.717, 1.165) is 29.2 Å². The highest BCUT2D eigenvalue weighted by Crippen LogP contribution is 2.36. The standard InChI is InChI=1S/C22H26N4O2S/c1-29-16-10-18(20-25-24-19-9-5-6-13-26(19)20)23-21(27)22(11-14-28-15-12-22)17-7-3-2-4-8-17/h2-9,13,18H,10-12,14-16H2,1H3,(H,23,27)/t18-/m0/s1. The molecule has 29 heavy (non-hydrogen) atoms. The summed E-state index contributed by atoms with van der Waals surface area (Å²) < 4.78 is 7.55. The van der Waals surface area contributed by atoms with Gasteiger partial charge in [-0.15, -0.1) is 10.2 Å². The summed E-state index contributed by atoms with van der Waals surface area (Å²) in [5.74, 6) is 1.75. The first kappa shape index (κ1) is 19.9. The summed E-state index contributed by atoms with van der Waals surface area (Å²) in [6, 6.07) is 15.7. The summed E-state index contributed by atoms with van der Waals surface area (Å²) in [6.07, 6.45) is 6.18. The molecule has 1 aliphatic heterocycles. The second kappa shape index (κ2) is 8.97. The van der Waals surface area contributed by atoms with Gasteiger partial charge in [0.25, 0.3) is 0 Å². The van der Waals surface area contributed by atoms with Gasteiger partial charge in [0.1, 0.15) is 0 Å². The molecule has 2 aromatic heterocycles. The molecule has 1 fully saturated rings. The van der Waals surface area contributed by atoms with Gasteiger partial charge in [0.2, 0.25) is 5.91 Å². The molecule has 0 bridgehead atoms. The maximum atomic E-state index is 13.7.